The lowest BCUT2D eigenvalue weighted by molar-refractivity contribution is 0.261. The summed E-state index contributed by atoms with van der Waals surface area (Å²) < 4.78 is 6.35. The fourth-order valence-electron chi connectivity index (χ4n) is 4.74. The molecule has 0 spiro atoms. The van der Waals surface area contributed by atoms with Gasteiger partial charge in [-0.3, -0.25) is 0 Å². The number of carbonyl (C=O) groups is 1. The molecule has 0 aliphatic carbocycles. The van der Waals surface area contributed by atoms with E-state index in [1.807, 2.05) is 85.8 Å². The Bertz CT molecular complexity index is 1620. The average molecular weight is 545 g/mol. The van der Waals surface area contributed by atoms with Crippen LogP contribution in [0.25, 0.3) is 22.5 Å². The first kappa shape index (κ1) is 27.3. The van der Waals surface area contributed by atoms with Crippen LogP contribution in [0, 0.1) is 6.92 Å². The van der Waals surface area contributed by atoms with Crippen LogP contribution in [0.1, 0.15) is 36.0 Å². The molecule has 0 saturated heterocycles. The predicted octanol–water partition coefficient (Wildman–Crippen LogP) is 7.59. The number of rotatable bonds is 10. The van der Waals surface area contributed by atoms with E-state index in [4.69, 9.17) is 4.74 Å². The number of urea groups is 1. The van der Waals surface area contributed by atoms with Crippen molar-refractivity contribution in [3.8, 4) is 28.3 Å². The number of aromatic amines is 1. The van der Waals surface area contributed by atoms with Gasteiger partial charge in [0, 0.05) is 22.7 Å². The average Bonchev–Trinajstić information content (AvgIpc) is 3.54. The van der Waals surface area contributed by atoms with Gasteiger partial charge in [-0.25, -0.2) is 9.89 Å². The number of amides is 2. The highest BCUT2D eigenvalue weighted by atomic mass is 16.5. The fraction of sp³-hybridized carbons (Fsp3) is 0.152. The molecule has 1 atom stereocenters. The van der Waals surface area contributed by atoms with E-state index in [2.05, 4.69) is 63.0 Å². The van der Waals surface area contributed by atoms with Gasteiger partial charge in [0.15, 0.2) is 5.82 Å². The van der Waals surface area contributed by atoms with E-state index < -0.39 is 0 Å². The Balaban J connectivity index is 1.66. The minimum atomic E-state index is -0.374. The third-order valence-corrected chi connectivity index (χ3v) is 6.69. The summed E-state index contributed by atoms with van der Waals surface area (Å²) in [5.74, 6) is 0.952. The first-order valence-corrected chi connectivity index (χ1v) is 13.5. The van der Waals surface area contributed by atoms with Crippen molar-refractivity contribution in [2.45, 2.75) is 26.2 Å². The molecule has 1 unspecified atom stereocenters. The molecule has 0 radical (unpaired) electrons. The molecule has 2 amide bonds. The minimum Gasteiger partial charge on any atom is -0.491 e. The Morgan fingerprint density at radius 3 is 2.39 bits per heavy atom. The number of ether oxygens (including phenoxy) is 1. The van der Waals surface area contributed by atoms with Crippen LogP contribution in [0.5, 0.6) is 5.75 Å². The van der Waals surface area contributed by atoms with Crippen molar-refractivity contribution in [2.75, 3.05) is 17.2 Å². The maximum absolute atomic E-state index is 13.3. The summed E-state index contributed by atoms with van der Waals surface area (Å²) >= 11 is 0. The molecule has 4 aromatic carbocycles. The van der Waals surface area contributed by atoms with Gasteiger partial charge in [-0.1, -0.05) is 85.3 Å². The second-order valence-corrected chi connectivity index (χ2v) is 9.66. The summed E-state index contributed by atoms with van der Waals surface area (Å²) in [5.41, 5.74) is 6.88. The van der Waals surface area contributed by atoms with Gasteiger partial charge in [0.05, 0.1) is 12.3 Å². The first-order valence-electron chi connectivity index (χ1n) is 13.5. The van der Waals surface area contributed by atoms with Gasteiger partial charge in [-0.2, -0.15) is 0 Å². The predicted molar refractivity (Wildman–Crippen MR) is 163 cm³/mol. The first-order chi connectivity index (χ1) is 20.1. The van der Waals surface area contributed by atoms with Crippen molar-refractivity contribution in [3.05, 3.63) is 120 Å². The molecule has 41 heavy (non-hydrogen) atoms. The molecule has 0 aliphatic heterocycles. The van der Waals surface area contributed by atoms with E-state index in [1.165, 1.54) is 0 Å². The molecule has 0 bridgehead atoms. The van der Waals surface area contributed by atoms with E-state index in [-0.39, 0.29) is 11.9 Å². The number of tetrazole rings is 1. The number of benzene rings is 4. The Morgan fingerprint density at radius 2 is 1.71 bits per heavy atom. The summed E-state index contributed by atoms with van der Waals surface area (Å²) in [6, 6.07) is 29.3. The minimum absolute atomic E-state index is 0.192. The van der Waals surface area contributed by atoms with Crippen molar-refractivity contribution in [1.29, 1.82) is 0 Å². The van der Waals surface area contributed by atoms with Crippen LogP contribution in [0.3, 0.4) is 0 Å². The van der Waals surface area contributed by atoms with Crippen LogP contribution in [0.15, 0.2) is 104 Å². The smallest absolute Gasteiger partial charge is 0.323 e. The highest BCUT2D eigenvalue weighted by Gasteiger charge is 2.23. The summed E-state index contributed by atoms with van der Waals surface area (Å²) in [6.45, 7) is 8.70. The lowest BCUT2D eigenvalue weighted by Gasteiger charge is -2.23. The third-order valence-electron chi connectivity index (χ3n) is 6.69. The molecule has 1 heterocycles. The Morgan fingerprint density at radius 1 is 0.976 bits per heavy atom. The second-order valence-electron chi connectivity index (χ2n) is 9.66. The molecule has 0 saturated carbocycles. The number of hydrogen-bond donors (Lipinski definition) is 3. The van der Waals surface area contributed by atoms with E-state index >= 15 is 0 Å². The number of H-pyrrole nitrogens is 1. The zero-order chi connectivity index (χ0) is 28.6. The quantitative estimate of drug-likeness (QED) is 0.157. The molecule has 1 aromatic heterocycles. The number of nitrogens with one attached hydrogen (secondary N) is 3. The van der Waals surface area contributed by atoms with Gasteiger partial charge in [0.1, 0.15) is 5.75 Å². The summed E-state index contributed by atoms with van der Waals surface area (Å²) in [6.07, 6.45) is 2.71. The number of carbonyl (C=O) groups excluding carboxylic acids is 1. The van der Waals surface area contributed by atoms with Crippen LogP contribution in [-0.2, 0) is 0 Å². The molecule has 5 rings (SSSR count). The van der Waals surface area contributed by atoms with E-state index in [0.29, 0.717) is 29.6 Å². The Hall–Kier alpha value is -5.24. The second kappa shape index (κ2) is 12.7. The van der Waals surface area contributed by atoms with Gasteiger partial charge in [-0.15, -0.1) is 11.7 Å². The Labute approximate surface area is 239 Å². The zero-order valence-corrected chi connectivity index (χ0v) is 23.1. The number of allylic oxidation sites excluding steroid dienone is 1. The molecule has 206 valence electrons. The fourth-order valence-corrected chi connectivity index (χ4v) is 4.74. The van der Waals surface area contributed by atoms with Gasteiger partial charge in [0.2, 0.25) is 0 Å². The molecule has 5 aromatic rings. The van der Waals surface area contributed by atoms with E-state index in [0.717, 1.165) is 39.8 Å². The normalized spacial score (nSPS) is 11.5. The van der Waals surface area contributed by atoms with Crippen molar-refractivity contribution in [2.24, 2.45) is 0 Å². The van der Waals surface area contributed by atoms with Crippen LogP contribution in [0.4, 0.5) is 16.2 Å². The molecular weight excluding hydrogens is 512 g/mol. The monoisotopic (exact) mass is 544 g/mol. The molecule has 0 fully saturated rings. The summed E-state index contributed by atoms with van der Waals surface area (Å²) in [5, 5.41) is 20.5. The number of aryl methyl sites for hydroxylation is 1. The highest BCUT2D eigenvalue weighted by Crippen LogP contribution is 2.43. The number of anilines is 2. The largest absolute Gasteiger partial charge is 0.491 e. The standard InChI is InChI=1S/C33H32N6O2/c1-4-19-41-31-29(26(5-2)23-11-7-6-8-12-23)20-24(27-13-9-10-14-28(27)32-36-38-39-37-32)21-30(31)35-33(40)34-25-17-15-22(3)16-18-25/h5-18,20-21,26H,2,4,19H2,1,3H3,(H2,34,35,40)(H,36,37,38,39). The highest BCUT2D eigenvalue weighted by molar-refractivity contribution is 6.01. The van der Waals surface area contributed by atoms with Crippen LogP contribution in [0.2, 0.25) is 0 Å². The van der Waals surface area contributed by atoms with Crippen LogP contribution >= 0.6 is 0 Å². The van der Waals surface area contributed by atoms with Crippen molar-refractivity contribution in [1.82, 2.24) is 20.6 Å². The molecular formula is C33H32N6O2. The van der Waals surface area contributed by atoms with Gasteiger partial charge in [-0.05, 0) is 64.7 Å². The van der Waals surface area contributed by atoms with Gasteiger partial charge in [0.25, 0.3) is 0 Å². The summed E-state index contributed by atoms with van der Waals surface area (Å²) in [4.78, 5) is 13.3. The van der Waals surface area contributed by atoms with Crippen molar-refractivity contribution < 1.29 is 9.53 Å². The summed E-state index contributed by atoms with van der Waals surface area (Å²) in [7, 11) is 0. The van der Waals surface area contributed by atoms with E-state index in [9.17, 15) is 4.79 Å². The van der Waals surface area contributed by atoms with Crippen molar-refractivity contribution >= 4 is 17.4 Å². The SMILES string of the molecule is C=CC(c1ccccc1)c1cc(-c2ccccc2-c2nnn[nH]2)cc(NC(=O)Nc2ccc(C)cc2)c1OCCC. The van der Waals surface area contributed by atoms with Crippen molar-refractivity contribution in [3.63, 3.8) is 0 Å². The van der Waals surface area contributed by atoms with Crippen LogP contribution < -0.4 is 15.4 Å². The maximum atomic E-state index is 13.3. The lowest BCUT2D eigenvalue weighted by Crippen LogP contribution is -2.20. The van der Waals surface area contributed by atoms with Gasteiger partial charge >= 0.3 is 6.03 Å². The van der Waals surface area contributed by atoms with Gasteiger partial charge < -0.3 is 15.4 Å². The number of hydrogen-bond acceptors (Lipinski definition) is 5. The van der Waals surface area contributed by atoms with Crippen LogP contribution in [-0.4, -0.2) is 33.3 Å². The lowest BCUT2D eigenvalue weighted by atomic mass is 9.87. The molecule has 8 heteroatoms. The third kappa shape index (κ3) is 6.33. The number of aromatic nitrogens is 4. The van der Waals surface area contributed by atoms with E-state index in [1.54, 1.807) is 0 Å². The number of nitrogens with zero attached hydrogens (tertiary/aromatic N) is 3. The Kier molecular flexibility index (Phi) is 8.49. The zero-order valence-electron chi connectivity index (χ0n) is 23.1. The maximum Gasteiger partial charge on any atom is 0.323 e. The molecule has 8 nitrogen and oxygen atoms in total. The topological polar surface area (TPSA) is 105 Å². The molecule has 3 N–H and O–H groups in total. The molecule has 0 aliphatic rings.